The van der Waals surface area contributed by atoms with Crippen molar-refractivity contribution in [1.29, 1.82) is 0 Å². The van der Waals surface area contributed by atoms with Crippen LogP contribution in [0.25, 0.3) is 6.08 Å². The second-order valence-electron chi connectivity index (χ2n) is 2.66. The van der Waals surface area contributed by atoms with E-state index < -0.39 is 7.60 Å². The van der Waals surface area contributed by atoms with Gasteiger partial charge in [0, 0.05) is 0 Å². The van der Waals surface area contributed by atoms with E-state index in [2.05, 4.69) is 0 Å². The molecule has 0 bridgehead atoms. The third-order valence-electron chi connectivity index (χ3n) is 1.45. The minimum Gasteiger partial charge on any atom is -1.00 e. The maximum atomic E-state index is 10.5. The molecular weight excluding hydrogens is 210 g/mol. The Kier molecular flexibility index (Phi) is 6.62. The predicted molar refractivity (Wildman–Crippen MR) is 53.5 cm³/mol. The molecule has 0 radical (unpaired) electrons. The SMILES string of the molecule is O=P(O)(O)CC=Cc1ccccc1.[H-].[Na+]. The van der Waals surface area contributed by atoms with Gasteiger partial charge in [0.1, 0.15) is 0 Å². The Hall–Kier alpha value is 0.110. The molecule has 5 heteroatoms. The van der Waals surface area contributed by atoms with Gasteiger partial charge in [-0.25, -0.2) is 0 Å². The van der Waals surface area contributed by atoms with E-state index in [1.165, 1.54) is 6.08 Å². The van der Waals surface area contributed by atoms with Gasteiger partial charge in [-0.05, 0) is 5.56 Å². The molecule has 72 valence electrons. The first kappa shape index (κ1) is 14.1. The molecule has 0 amide bonds. The Labute approximate surface area is 107 Å². The van der Waals surface area contributed by atoms with E-state index in [1.54, 1.807) is 6.08 Å². The molecule has 1 aromatic rings. The average molecular weight is 222 g/mol. The fourth-order valence-electron chi connectivity index (χ4n) is 0.890. The second kappa shape index (κ2) is 6.57. The Bertz CT molecular complexity index is 336. The third kappa shape index (κ3) is 6.55. The first-order valence-electron chi connectivity index (χ1n) is 3.84. The first-order valence-corrected chi connectivity index (χ1v) is 5.64. The van der Waals surface area contributed by atoms with E-state index in [4.69, 9.17) is 9.79 Å². The maximum absolute atomic E-state index is 10.5. The molecule has 0 unspecified atom stereocenters. The van der Waals surface area contributed by atoms with Crippen LogP contribution in [0, 0.1) is 0 Å². The van der Waals surface area contributed by atoms with Gasteiger partial charge in [0.15, 0.2) is 0 Å². The molecule has 3 nitrogen and oxygen atoms in total. The Morgan fingerprint density at radius 2 is 1.86 bits per heavy atom. The van der Waals surface area contributed by atoms with Crippen LogP contribution in [0.3, 0.4) is 0 Å². The number of hydrogen-bond acceptors (Lipinski definition) is 1. The van der Waals surface area contributed by atoms with Crippen LogP contribution in [0.1, 0.15) is 6.99 Å². The van der Waals surface area contributed by atoms with E-state index in [-0.39, 0.29) is 37.1 Å². The van der Waals surface area contributed by atoms with Crippen molar-refractivity contribution in [3.63, 3.8) is 0 Å². The molecule has 0 aliphatic carbocycles. The molecule has 0 atom stereocenters. The smallest absolute Gasteiger partial charge is 1.00 e. The third-order valence-corrected chi connectivity index (χ3v) is 2.14. The topological polar surface area (TPSA) is 57.5 Å². The van der Waals surface area contributed by atoms with Gasteiger partial charge in [-0.3, -0.25) is 4.57 Å². The van der Waals surface area contributed by atoms with Gasteiger partial charge in [-0.1, -0.05) is 42.5 Å². The van der Waals surface area contributed by atoms with Crippen LogP contribution in [-0.4, -0.2) is 15.9 Å². The van der Waals surface area contributed by atoms with E-state index in [0.717, 1.165) is 5.56 Å². The summed E-state index contributed by atoms with van der Waals surface area (Å²) >= 11 is 0. The van der Waals surface area contributed by atoms with Gasteiger partial charge < -0.3 is 11.2 Å². The van der Waals surface area contributed by atoms with Crippen LogP contribution in [0.2, 0.25) is 0 Å². The van der Waals surface area contributed by atoms with E-state index in [1.807, 2.05) is 30.3 Å². The second-order valence-corrected chi connectivity index (χ2v) is 4.35. The first-order chi connectivity index (χ1) is 6.08. The summed E-state index contributed by atoms with van der Waals surface area (Å²) in [5, 5.41) is 0. The van der Waals surface area contributed by atoms with Gasteiger partial charge in [0.2, 0.25) is 0 Å². The van der Waals surface area contributed by atoms with Crippen LogP contribution < -0.4 is 29.6 Å². The van der Waals surface area contributed by atoms with Crippen molar-refractivity contribution in [3.05, 3.63) is 42.0 Å². The molecule has 0 aromatic heterocycles. The van der Waals surface area contributed by atoms with Crippen LogP contribution >= 0.6 is 7.60 Å². The van der Waals surface area contributed by atoms with Crippen LogP contribution in [0.5, 0.6) is 0 Å². The Morgan fingerprint density at radius 1 is 1.29 bits per heavy atom. The fraction of sp³-hybridized carbons (Fsp3) is 0.111. The monoisotopic (exact) mass is 222 g/mol. The molecule has 0 saturated heterocycles. The van der Waals surface area contributed by atoms with Gasteiger partial charge in [0.05, 0.1) is 6.16 Å². The summed E-state index contributed by atoms with van der Waals surface area (Å²) in [7, 11) is -3.89. The Balaban J connectivity index is 0. The zero-order valence-electron chi connectivity index (χ0n) is 9.00. The predicted octanol–water partition coefficient (Wildman–Crippen LogP) is -1.01. The van der Waals surface area contributed by atoms with Crippen molar-refractivity contribution in [2.45, 2.75) is 0 Å². The van der Waals surface area contributed by atoms with Gasteiger partial charge in [-0.15, -0.1) is 0 Å². The fourth-order valence-corrected chi connectivity index (χ4v) is 1.27. The quantitative estimate of drug-likeness (QED) is 0.509. The number of allylic oxidation sites excluding steroid dienone is 1. The van der Waals surface area contributed by atoms with Crippen LogP contribution in [-0.2, 0) is 4.57 Å². The Morgan fingerprint density at radius 3 is 2.36 bits per heavy atom. The maximum Gasteiger partial charge on any atom is 1.00 e. The van der Waals surface area contributed by atoms with Crippen molar-refractivity contribution in [3.8, 4) is 0 Å². The molecule has 0 fully saturated rings. The van der Waals surface area contributed by atoms with E-state index in [9.17, 15) is 4.57 Å². The van der Waals surface area contributed by atoms with Crippen LogP contribution in [0.15, 0.2) is 36.4 Å². The molecule has 0 saturated carbocycles. The molecule has 0 aliphatic heterocycles. The summed E-state index contributed by atoms with van der Waals surface area (Å²) < 4.78 is 10.5. The zero-order chi connectivity index (χ0) is 9.73. The molecule has 14 heavy (non-hydrogen) atoms. The average Bonchev–Trinajstić information content (AvgIpc) is 2.04. The summed E-state index contributed by atoms with van der Waals surface area (Å²) in [4.78, 5) is 17.1. The summed E-state index contributed by atoms with van der Waals surface area (Å²) in [5.41, 5.74) is 0.941. The standard InChI is InChI=1S/C9H11O3P.Na.H/c10-13(11,12)8-4-7-9-5-2-1-3-6-9;;/h1-7H,8H2,(H2,10,11,12);;/q;+1;-1. The van der Waals surface area contributed by atoms with Gasteiger partial charge in [-0.2, -0.15) is 0 Å². The largest absolute Gasteiger partial charge is 1.00 e. The summed E-state index contributed by atoms with van der Waals surface area (Å²) in [6, 6.07) is 9.38. The number of benzene rings is 1. The van der Waals surface area contributed by atoms with Crippen molar-refractivity contribution in [1.82, 2.24) is 0 Å². The molecule has 0 spiro atoms. The zero-order valence-corrected chi connectivity index (χ0v) is 10.9. The summed E-state index contributed by atoms with van der Waals surface area (Å²) in [6.07, 6.45) is 2.97. The molecule has 1 aromatic carbocycles. The van der Waals surface area contributed by atoms with E-state index >= 15 is 0 Å². The summed E-state index contributed by atoms with van der Waals surface area (Å²) in [5.74, 6) is 0. The van der Waals surface area contributed by atoms with Crippen molar-refractivity contribution >= 4 is 13.7 Å². The molecule has 2 N–H and O–H groups in total. The normalized spacial score (nSPS) is 11.3. The van der Waals surface area contributed by atoms with Crippen molar-refractivity contribution < 1.29 is 45.3 Å². The molecule has 0 heterocycles. The molecule has 0 aliphatic rings. The van der Waals surface area contributed by atoms with Crippen molar-refractivity contribution in [2.75, 3.05) is 6.16 Å². The number of hydrogen-bond donors (Lipinski definition) is 2. The van der Waals surface area contributed by atoms with Crippen molar-refractivity contribution in [2.24, 2.45) is 0 Å². The van der Waals surface area contributed by atoms with Gasteiger partial charge in [0.25, 0.3) is 0 Å². The van der Waals surface area contributed by atoms with Crippen LogP contribution in [0.4, 0.5) is 0 Å². The minimum absolute atomic E-state index is 0. The summed E-state index contributed by atoms with van der Waals surface area (Å²) in [6.45, 7) is 0. The molecular formula is C9H12NaO3P. The molecule has 1 rings (SSSR count). The minimum atomic E-state index is -3.89. The van der Waals surface area contributed by atoms with Gasteiger partial charge >= 0.3 is 37.2 Å². The number of rotatable bonds is 3. The van der Waals surface area contributed by atoms with E-state index in [0.29, 0.717) is 0 Å².